The summed E-state index contributed by atoms with van der Waals surface area (Å²) in [6.45, 7) is 5.70. The second kappa shape index (κ2) is 6.06. The summed E-state index contributed by atoms with van der Waals surface area (Å²) in [5.74, 6) is 0. The molecular weight excluding hydrogens is 372 g/mol. The van der Waals surface area contributed by atoms with Crippen molar-refractivity contribution in [3.8, 4) is 0 Å². The summed E-state index contributed by atoms with van der Waals surface area (Å²) < 4.78 is 24.7. The maximum absolute atomic E-state index is 12.3. The van der Waals surface area contributed by atoms with Crippen molar-refractivity contribution in [2.45, 2.75) is 37.1 Å². The highest BCUT2D eigenvalue weighted by molar-refractivity contribution is 9.10. The quantitative estimate of drug-likeness (QED) is 0.856. The summed E-state index contributed by atoms with van der Waals surface area (Å²) in [5, 5.41) is 5.36. The van der Waals surface area contributed by atoms with Crippen LogP contribution in [-0.4, -0.2) is 18.1 Å². The zero-order chi connectivity index (χ0) is 15.7. The van der Waals surface area contributed by atoms with Crippen LogP contribution in [-0.2, 0) is 16.4 Å². The molecule has 2 rings (SSSR count). The van der Waals surface area contributed by atoms with Gasteiger partial charge in [-0.1, -0.05) is 0 Å². The summed E-state index contributed by atoms with van der Waals surface area (Å²) in [6, 6.07) is 5.34. The minimum atomic E-state index is -3.40. The second-order valence-electron chi connectivity index (χ2n) is 5.59. The molecule has 0 saturated heterocycles. The van der Waals surface area contributed by atoms with Gasteiger partial charge in [0, 0.05) is 21.3 Å². The van der Waals surface area contributed by atoms with Gasteiger partial charge in [-0.25, -0.2) is 13.4 Å². The molecule has 2 aromatic heterocycles. The molecule has 0 spiro atoms. The Bertz CT molecular complexity index is 716. The van der Waals surface area contributed by atoms with Crippen LogP contribution in [0.1, 0.15) is 25.6 Å². The molecule has 2 heterocycles. The lowest BCUT2D eigenvalue weighted by molar-refractivity contribution is 0.556. The maximum Gasteiger partial charge on any atom is 0.200 e. The van der Waals surface area contributed by atoms with Gasteiger partial charge in [0.15, 0.2) is 14.9 Å². The van der Waals surface area contributed by atoms with Crippen LogP contribution in [0.4, 0.5) is 5.69 Å². The molecule has 114 valence electrons. The predicted molar refractivity (Wildman–Crippen MR) is 90.5 cm³/mol. The number of hydrogen-bond donors (Lipinski definition) is 1. The third kappa shape index (κ3) is 3.84. The Hall–Kier alpha value is -0.920. The van der Waals surface area contributed by atoms with Crippen LogP contribution < -0.4 is 5.32 Å². The van der Waals surface area contributed by atoms with Gasteiger partial charge in [-0.15, -0.1) is 11.3 Å². The summed E-state index contributed by atoms with van der Waals surface area (Å²) in [7, 11) is -3.40. The van der Waals surface area contributed by atoms with Gasteiger partial charge in [-0.3, -0.25) is 0 Å². The lowest BCUT2D eigenvalue weighted by Gasteiger charge is -2.18. The van der Waals surface area contributed by atoms with Crippen LogP contribution in [0.15, 0.2) is 39.3 Å². The first kappa shape index (κ1) is 16.5. The van der Waals surface area contributed by atoms with Crippen LogP contribution in [0, 0.1) is 0 Å². The van der Waals surface area contributed by atoms with E-state index in [9.17, 15) is 8.42 Å². The molecule has 0 aromatic carbocycles. The van der Waals surface area contributed by atoms with E-state index in [1.807, 2.05) is 11.4 Å². The highest BCUT2D eigenvalue weighted by atomic mass is 79.9. The van der Waals surface area contributed by atoms with E-state index < -0.39 is 14.6 Å². The lowest BCUT2D eigenvalue weighted by Crippen LogP contribution is -2.28. The zero-order valence-corrected chi connectivity index (χ0v) is 15.3. The monoisotopic (exact) mass is 388 g/mol. The first-order chi connectivity index (χ1) is 9.70. The summed E-state index contributed by atoms with van der Waals surface area (Å²) >= 11 is 5.07. The fourth-order valence-electron chi connectivity index (χ4n) is 1.59. The lowest BCUT2D eigenvalue weighted by atomic mass is 10.3. The Balaban J connectivity index is 2.09. The van der Waals surface area contributed by atoms with Crippen molar-refractivity contribution in [2.24, 2.45) is 0 Å². The van der Waals surface area contributed by atoms with Crippen molar-refractivity contribution in [1.82, 2.24) is 4.98 Å². The van der Waals surface area contributed by atoms with Crippen molar-refractivity contribution < 1.29 is 8.42 Å². The third-order valence-electron chi connectivity index (χ3n) is 2.91. The van der Waals surface area contributed by atoms with E-state index in [-0.39, 0.29) is 5.03 Å². The average Bonchev–Trinajstić information content (AvgIpc) is 2.81. The second-order valence-corrected chi connectivity index (χ2v) is 10.1. The molecule has 0 radical (unpaired) electrons. The topological polar surface area (TPSA) is 59.1 Å². The smallest absolute Gasteiger partial charge is 0.200 e. The molecular formula is C14H17BrN2O2S2. The molecule has 0 aliphatic rings. The Labute approximate surface area is 137 Å². The standard InChI is InChI=1S/C14H17BrN2O2S2/c1-14(2,3)21(18,19)13-5-4-11(7-17-13)16-8-12-6-10(15)9-20-12/h4-7,9,16H,8H2,1-3H3. The number of rotatable bonds is 4. The van der Waals surface area contributed by atoms with Crippen LogP contribution >= 0.6 is 27.3 Å². The zero-order valence-electron chi connectivity index (χ0n) is 12.1. The van der Waals surface area contributed by atoms with Gasteiger partial charge in [0.05, 0.1) is 16.6 Å². The van der Waals surface area contributed by atoms with E-state index in [1.165, 1.54) is 4.88 Å². The molecule has 1 N–H and O–H groups in total. The van der Waals surface area contributed by atoms with Crippen molar-refractivity contribution in [2.75, 3.05) is 5.32 Å². The molecule has 0 atom stereocenters. The Morgan fingerprint density at radius 2 is 2.05 bits per heavy atom. The normalized spacial score (nSPS) is 12.4. The SMILES string of the molecule is CC(C)(C)S(=O)(=O)c1ccc(NCc2cc(Br)cs2)cn1. The summed E-state index contributed by atoms with van der Waals surface area (Å²) in [4.78, 5) is 5.27. The van der Waals surface area contributed by atoms with Gasteiger partial charge < -0.3 is 5.32 Å². The molecule has 0 fully saturated rings. The van der Waals surface area contributed by atoms with Crippen LogP contribution in [0.2, 0.25) is 0 Å². The number of nitrogens with one attached hydrogen (secondary N) is 1. The van der Waals surface area contributed by atoms with Crippen LogP contribution in [0.3, 0.4) is 0 Å². The molecule has 0 aliphatic heterocycles. The van der Waals surface area contributed by atoms with Gasteiger partial charge in [0.2, 0.25) is 0 Å². The highest BCUT2D eigenvalue weighted by Crippen LogP contribution is 2.24. The van der Waals surface area contributed by atoms with Gasteiger partial charge in [0.1, 0.15) is 0 Å². The molecule has 0 amide bonds. The predicted octanol–water partition coefficient (Wildman–Crippen LogP) is 4.09. The average molecular weight is 389 g/mol. The van der Waals surface area contributed by atoms with Gasteiger partial charge >= 0.3 is 0 Å². The number of anilines is 1. The first-order valence-corrected chi connectivity index (χ1v) is 9.53. The number of sulfone groups is 1. The number of aromatic nitrogens is 1. The van der Waals surface area contributed by atoms with Crippen molar-refractivity contribution in [3.05, 3.63) is 39.1 Å². The molecule has 4 nitrogen and oxygen atoms in total. The first-order valence-electron chi connectivity index (χ1n) is 6.37. The molecule has 0 aliphatic carbocycles. The molecule has 7 heteroatoms. The van der Waals surface area contributed by atoms with Crippen molar-refractivity contribution in [1.29, 1.82) is 0 Å². The van der Waals surface area contributed by atoms with Gasteiger partial charge in [-0.05, 0) is 54.9 Å². The van der Waals surface area contributed by atoms with Crippen LogP contribution in [0.5, 0.6) is 0 Å². The van der Waals surface area contributed by atoms with E-state index in [2.05, 4.69) is 26.2 Å². The Morgan fingerprint density at radius 1 is 1.33 bits per heavy atom. The molecule has 0 bridgehead atoms. The molecule has 21 heavy (non-hydrogen) atoms. The minimum Gasteiger partial charge on any atom is -0.379 e. The number of nitrogens with zero attached hydrogens (tertiary/aromatic N) is 1. The summed E-state index contributed by atoms with van der Waals surface area (Å²) in [5.41, 5.74) is 0.799. The number of pyridine rings is 1. The van der Waals surface area contributed by atoms with Gasteiger partial charge in [-0.2, -0.15) is 0 Å². The molecule has 0 saturated carbocycles. The number of thiophene rings is 1. The summed E-state index contributed by atoms with van der Waals surface area (Å²) in [6.07, 6.45) is 1.56. The van der Waals surface area contributed by atoms with E-state index in [0.29, 0.717) is 6.54 Å². The fraction of sp³-hybridized carbons (Fsp3) is 0.357. The molecule has 0 unspecified atom stereocenters. The third-order valence-corrected chi connectivity index (χ3v) is 7.01. The Morgan fingerprint density at radius 3 is 2.52 bits per heavy atom. The van der Waals surface area contributed by atoms with E-state index in [4.69, 9.17) is 0 Å². The Kier molecular flexibility index (Phi) is 4.75. The largest absolute Gasteiger partial charge is 0.379 e. The molecule has 2 aromatic rings. The van der Waals surface area contributed by atoms with Crippen molar-refractivity contribution in [3.63, 3.8) is 0 Å². The van der Waals surface area contributed by atoms with E-state index in [1.54, 1.807) is 50.4 Å². The van der Waals surface area contributed by atoms with Gasteiger partial charge in [0.25, 0.3) is 0 Å². The highest BCUT2D eigenvalue weighted by Gasteiger charge is 2.31. The van der Waals surface area contributed by atoms with E-state index in [0.717, 1.165) is 10.2 Å². The number of halogens is 1. The van der Waals surface area contributed by atoms with E-state index >= 15 is 0 Å². The maximum atomic E-state index is 12.3. The number of hydrogen-bond acceptors (Lipinski definition) is 5. The fourth-order valence-corrected chi connectivity index (χ4v) is 4.05. The minimum absolute atomic E-state index is 0.111. The van der Waals surface area contributed by atoms with Crippen LogP contribution in [0.25, 0.3) is 0 Å². The van der Waals surface area contributed by atoms with Crippen molar-refractivity contribution >= 4 is 42.8 Å².